The number of halogens is 2. The van der Waals surface area contributed by atoms with Crippen molar-refractivity contribution in [1.29, 1.82) is 0 Å². The van der Waals surface area contributed by atoms with Crippen LogP contribution in [0.1, 0.15) is 43.8 Å². The zero-order valence-corrected chi connectivity index (χ0v) is 12.5. The Morgan fingerprint density at radius 1 is 1.11 bits per heavy atom. The van der Waals surface area contributed by atoms with E-state index in [2.05, 4.69) is 22.0 Å². The molecule has 2 unspecified atom stereocenters. The Balaban J connectivity index is 1.97. The largest absolute Gasteiger partial charge is 0.461 e. The molecule has 1 aliphatic carbocycles. The van der Waals surface area contributed by atoms with E-state index >= 15 is 0 Å². The number of alkyl halides is 1. The molecule has 1 aromatic heterocycles. The van der Waals surface area contributed by atoms with Crippen LogP contribution in [0.15, 0.2) is 28.7 Å². The summed E-state index contributed by atoms with van der Waals surface area (Å²) in [5, 5.41) is 1.88. The van der Waals surface area contributed by atoms with Gasteiger partial charge < -0.3 is 4.42 Å². The average molecular weight is 328 g/mol. The lowest BCUT2D eigenvalue weighted by atomic mass is 9.97. The molecule has 96 valence electrons. The third-order valence-electron chi connectivity index (χ3n) is 3.79. The van der Waals surface area contributed by atoms with Crippen LogP contribution in [-0.2, 0) is 0 Å². The lowest BCUT2D eigenvalue weighted by Gasteiger charge is -2.16. The van der Waals surface area contributed by atoms with Gasteiger partial charge in [0.1, 0.15) is 11.3 Å². The van der Waals surface area contributed by atoms with Gasteiger partial charge in [-0.25, -0.2) is 0 Å². The van der Waals surface area contributed by atoms with Crippen LogP contribution in [0.25, 0.3) is 11.0 Å². The highest BCUT2D eigenvalue weighted by Gasteiger charge is 2.25. The molecular formula is C15H16BrClO. The van der Waals surface area contributed by atoms with Gasteiger partial charge in [-0.05, 0) is 37.1 Å². The minimum absolute atomic E-state index is 0.499. The maximum absolute atomic E-state index is 6.02. The number of hydrogen-bond acceptors (Lipinski definition) is 1. The molecule has 0 N–H and O–H groups in total. The number of fused-ring (bicyclic) bond motifs is 1. The standard InChI is InChI=1S/C15H16BrClO/c16-13-5-3-1-2-4-12(13)15-9-10-8-11(17)6-7-14(10)18-15/h6-9,12-13H,1-5H2. The fourth-order valence-electron chi connectivity index (χ4n) is 2.80. The third kappa shape index (κ3) is 2.46. The molecule has 18 heavy (non-hydrogen) atoms. The molecule has 0 aliphatic heterocycles. The molecule has 1 heterocycles. The Morgan fingerprint density at radius 2 is 1.94 bits per heavy atom. The second-order valence-electron chi connectivity index (χ2n) is 5.09. The van der Waals surface area contributed by atoms with Crippen LogP contribution in [0.4, 0.5) is 0 Å². The van der Waals surface area contributed by atoms with Crippen molar-refractivity contribution in [2.24, 2.45) is 0 Å². The monoisotopic (exact) mass is 326 g/mol. The third-order valence-corrected chi connectivity index (χ3v) is 5.13. The fraction of sp³-hybridized carbons (Fsp3) is 0.467. The van der Waals surface area contributed by atoms with E-state index in [0.29, 0.717) is 10.7 Å². The van der Waals surface area contributed by atoms with Gasteiger partial charge in [0.2, 0.25) is 0 Å². The molecule has 0 amide bonds. The van der Waals surface area contributed by atoms with Crippen molar-refractivity contribution in [2.45, 2.75) is 42.8 Å². The predicted molar refractivity (Wildman–Crippen MR) is 79.8 cm³/mol. The van der Waals surface area contributed by atoms with Gasteiger partial charge >= 0.3 is 0 Å². The minimum atomic E-state index is 0.499. The second kappa shape index (κ2) is 5.26. The first kappa shape index (κ1) is 12.6. The lowest BCUT2D eigenvalue weighted by Crippen LogP contribution is -2.09. The number of benzene rings is 1. The molecule has 2 aromatic rings. The van der Waals surface area contributed by atoms with Crippen LogP contribution < -0.4 is 0 Å². The van der Waals surface area contributed by atoms with E-state index in [9.17, 15) is 0 Å². The Hall–Kier alpha value is -0.470. The van der Waals surface area contributed by atoms with Gasteiger partial charge in [-0.2, -0.15) is 0 Å². The maximum atomic E-state index is 6.02. The van der Waals surface area contributed by atoms with Crippen molar-refractivity contribution >= 4 is 38.5 Å². The highest BCUT2D eigenvalue weighted by Crippen LogP contribution is 2.38. The summed E-state index contributed by atoms with van der Waals surface area (Å²) < 4.78 is 6.00. The molecule has 1 fully saturated rings. The first-order valence-electron chi connectivity index (χ1n) is 6.57. The first-order chi connectivity index (χ1) is 8.74. The van der Waals surface area contributed by atoms with E-state index in [1.807, 2.05) is 18.2 Å². The zero-order valence-electron chi connectivity index (χ0n) is 10.2. The summed E-state index contributed by atoms with van der Waals surface area (Å²) >= 11 is 9.84. The van der Waals surface area contributed by atoms with Gasteiger partial charge in [-0.3, -0.25) is 0 Å². The summed E-state index contributed by atoms with van der Waals surface area (Å²) in [6, 6.07) is 7.98. The zero-order chi connectivity index (χ0) is 12.5. The topological polar surface area (TPSA) is 13.1 Å². The fourth-order valence-corrected chi connectivity index (χ4v) is 3.83. The lowest BCUT2D eigenvalue weighted by molar-refractivity contribution is 0.465. The molecule has 1 aromatic carbocycles. The van der Waals surface area contributed by atoms with Crippen molar-refractivity contribution in [3.8, 4) is 0 Å². The van der Waals surface area contributed by atoms with Crippen LogP contribution in [-0.4, -0.2) is 4.83 Å². The van der Waals surface area contributed by atoms with Crippen LogP contribution in [0.2, 0.25) is 5.02 Å². The molecule has 2 atom stereocenters. The molecule has 3 heteroatoms. The maximum Gasteiger partial charge on any atom is 0.134 e. The van der Waals surface area contributed by atoms with Gasteiger partial charge in [0.25, 0.3) is 0 Å². The van der Waals surface area contributed by atoms with E-state index in [-0.39, 0.29) is 0 Å². The smallest absolute Gasteiger partial charge is 0.134 e. The summed E-state index contributed by atoms with van der Waals surface area (Å²) in [5.74, 6) is 1.61. The normalized spacial score (nSPS) is 25.2. The van der Waals surface area contributed by atoms with Gasteiger partial charge in [0.15, 0.2) is 0 Å². The Kier molecular flexibility index (Phi) is 3.67. The van der Waals surface area contributed by atoms with Crippen molar-refractivity contribution in [2.75, 3.05) is 0 Å². The van der Waals surface area contributed by atoms with Crippen molar-refractivity contribution in [3.63, 3.8) is 0 Å². The SMILES string of the molecule is Clc1ccc2oc(C3CCCCCC3Br)cc2c1. The Labute approximate surface area is 121 Å². The van der Waals surface area contributed by atoms with Crippen molar-refractivity contribution in [1.82, 2.24) is 0 Å². The van der Waals surface area contributed by atoms with Gasteiger partial charge in [-0.15, -0.1) is 0 Å². The molecule has 0 bridgehead atoms. The van der Waals surface area contributed by atoms with Crippen molar-refractivity contribution in [3.05, 3.63) is 35.0 Å². The van der Waals surface area contributed by atoms with E-state index in [1.165, 1.54) is 32.1 Å². The molecule has 1 aliphatic rings. The van der Waals surface area contributed by atoms with E-state index < -0.39 is 0 Å². The summed E-state index contributed by atoms with van der Waals surface area (Å²) in [7, 11) is 0. The molecule has 0 radical (unpaired) electrons. The number of furan rings is 1. The number of rotatable bonds is 1. The first-order valence-corrected chi connectivity index (χ1v) is 7.86. The Morgan fingerprint density at radius 3 is 2.83 bits per heavy atom. The number of hydrogen-bond donors (Lipinski definition) is 0. The van der Waals surface area contributed by atoms with Crippen LogP contribution >= 0.6 is 27.5 Å². The Bertz CT molecular complexity index is 548. The summed E-state index contributed by atoms with van der Waals surface area (Å²) in [4.78, 5) is 0.538. The molecule has 0 saturated heterocycles. The summed E-state index contributed by atoms with van der Waals surface area (Å²) in [6.45, 7) is 0. The molecule has 0 spiro atoms. The van der Waals surface area contributed by atoms with E-state index in [0.717, 1.165) is 21.8 Å². The predicted octanol–water partition coefficient (Wildman–Crippen LogP) is 5.90. The van der Waals surface area contributed by atoms with Gasteiger partial charge in [-0.1, -0.05) is 46.8 Å². The van der Waals surface area contributed by atoms with Gasteiger partial charge in [0, 0.05) is 21.2 Å². The van der Waals surface area contributed by atoms with Crippen LogP contribution in [0.3, 0.4) is 0 Å². The summed E-state index contributed by atoms with van der Waals surface area (Å²) in [5.41, 5.74) is 0.943. The second-order valence-corrected chi connectivity index (χ2v) is 6.70. The molecule has 1 saturated carbocycles. The molecule has 1 nitrogen and oxygen atoms in total. The quantitative estimate of drug-likeness (QED) is 0.469. The molecular weight excluding hydrogens is 312 g/mol. The highest BCUT2D eigenvalue weighted by molar-refractivity contribution is 9.09. The van der Waals surface area contributed by atoms with Gasteiger partial charge in [0.05, 0.1) is 0 Å². The van der Waals surface area contributed by atoms with E-state index in [1.54, 1.807) is 0 Å². The highest BCUT2D eigenvalue weighted by atomic mass is 79.9. The summed E-state index contributed by atoms with van der Waals surface area (Å²) in [6.07, 6.45) is 6.40. The van der Waals surface area contributed by atoms with Crippen LogP contribution in [0.5, 0.6) is 0 Å². The average Bonchev–Trinajstić information content (AvgIpc) is 2.63. The van der Waals surface area contributed by atoms with Crippen molar-refractivity contribution < 1.29 is 4.42 Å². The molecule has 3 rings (SSSR count). The van der Waals surface area contributed by atoms with Crippen LogP contribution in [0, 0.1) is 0 Å². The van der Waals surface area contributed by atoms with E-state index in [4.69, 9.17) is 16.0 Å². The minimum Gasteiger partial charge on any atom is -0.461 e.